The number of amidine groups is 1. The lowest BCUT2D eigenvalue weighted by atomic mass is 9.95. The summed E-state index contributed by atoms with van der Waals surface area (Å²) in [5, 5.41) is 5.93. The summed E-state index contributed by atoms with van der Waals surface area (Å²) < 4.78 is 29.8. The molecule has 3 heterocycles. The molecule has 12 heteroatoms. The lowest BCUT2D eigenvalue weighted by Crippen LogP contribution is -2.46. The van der Waals surface area contributed by atoms with Gasteiger partial charge >= 0.3 is 5.97 Å². The first kappa shape index (κ1) is 26.2. The Labute approximate surface area is 216 Å². The Bertz CT molecular complexity index is 1140. The van der Waals surface area contributed by atoms with Crippen molar-refractivity contribution in [2.24, 2.45) is 4.99 Å². The maximum atomic E-state index is 13.8. The standard InChI is InChI=1S/C24H26ClFN4O5S/c1-2-34-24(32)20-19(13-30-7-9-35-16(12-30)5-8-33-14-31)28-22(23-27-6-10-36-23)29-21(20)17-4-3-15(26)11-18(17)25/h3-4,6,10-11,14,16,21H,2,5,7-9,12-13H2,1H3,(H,28,29). The summed E-state index contributed by atoms with van der Waals surface area (Å²) in [6.45, 7) is 4.68. The van der Waals surface area contributed by atoms with Gasteiger partial charge in [0.15, 0.2) is 10.8 Å². The molecule has 0 aliphatic carbocycles. The van der Waals surface area contributed by atoms with Crippen molar-refractivity contribution in [3.8, 4) is 0 Å². The molecule has 1 fully saturated rings. The number of halogens is 2. The molecule has 2 aliphatic rings. The SMILES string of the molecule is CCOC(=O)C1=C(CN2CCOC(CCOC=O)C2)NC(c2nccs2)=NC1c1ccc(F)cc1Cl. The van der Waals surface area contributed by atoms with Crippen LogP contribution in [0.4, 0.5) is 4.39 Å². The molecular weight excluding hydrogens is 511 g/mol. The zero-order chi connectivity index (χ0) is 25.5. The van der Waals surface area contributed by atoms with E-state index in [0.29, 0.717) is 66.8 Å². The first-order valence-corrected chi connectivity index (χ1v) is 12.7. The van der Waals surface area contributed by atoms with E-state index >= 15 is 0 Å². The van der Waals surface area contributed by atoms with E-state index in [-0.39, 0.29) is 24.3 Å². The highest BCUT2D eigenvalue weighted by molar-refractivity contribution is 7.11. The fourth-order valence-corrected chi connectivity index (χ4v) is 5.00. The van der Waals surface area contributed by atoms with Gasteiger partial charge in [-0.15, -0.1) is 11.3 Å². The normalized spacial score (nSPS) is 20.5. The van der Waals surface area contributed by atoms with Gasteiger partial charge in [0.1, 0.15) is 11.9 Å². The Hall–Kier alpha value is -2.86. The number of morpholine rings is 1. The lowest BCUT2D eigenvalue weighted by molar-refractivity contribution is -0.139. The van der Waals surface area contributed by atoms with Gasteiger partial charge in [-0.3, -0.25) is 14.7 Å². The van der Waals surface area contributed by atoms with E-state index in [1.807, 2.05) is 5.38 Å². The number of esters is 1. The van der Waals surface area contributed by atoms with Crippen LogP contribution in [0.5, 0.6) is 0 Å². The molecule has 0 amide bonds. The molecule has 192 valence electrons. The Morgan fingerprint density at radius 2 is 2.31 bits per heavy atom. The van der Waals surface area contributed by atoms with Crippen LogP contribution in [0.15, 0.2) is 46.0 Å². The van der Waals surface area contributed by atoms with Crippen molar-refractivity contribution in [2.75, 3.05) is 39.5 Å². The van der Waals surface area contributed by atoms with Gasteiger partial charge in [-0.05, 0) is 19.1 Å². The number of carbonyl (C=O) groups excluding carboxylic acids is 2. The fourth-order valence-electron chi connectivity index (χ4n) is 4.14. The minimum absolute atomic E-state index is 0.122. The van der Waals surface area contributed by atoms with Crippen LogP contribution in [0, 0.1) is 5.82 Å². The second kappa shape index (κ2) is 12.4. The summed E-state index contributed by atoms with van der Waals surface area (Å²) in [6.07, 6.45) is 2.11. The van der Waals surface area contributed by atoms with Crippen LogP contribution in [0.25, 0.3) is 0 Å². The largest absolute Gasteiger partial charge is 0.468 e. The Morgan fingerprint density at radius 3 is 3.03 bits per heavy atom. The van der Waals surface area contributed by atoms with Crippen molar-refractivity contribution in [3.63, 3.8) is 0 Å². The minimum atomic E-state index is -0.815. The highest BCUT2D eigenvalue weighted by Crippen LogP contribution is 2.37. The molecule has 2 aromatic rings. The molecule has 4 rings (SSSR count). The number of thiazole rings is 1. The van der Waals surface area contributed by atoms with Crippen molar-refractivity contribution in [1.29, 1.82) is 0 Å². The molecule has 2 aliphatic heterocycles. The number of ether oxygens (including phenoxy) is 3. The molecule has 1 saturated heterocycles. The van der Waals surface area contributed by atoms with Gasteiger partial charge in [0.2, 0.25) is 0 Å². The highest BCUT2D eigenvalue weighted by Gasteiger charge is 2.35. The summed E-state index contributed by atoms with van der Waals surface area (Å²) >= 11 is 7.82. The number of carbonyl (C=O) groups is 2. The summed E-state index contributed by atoms with van der Waals surface area (Å²) in [5.41, 5.74) is 1.39. The van der Waals surface area contributed by atoms with Crippen LogP contribution in [-0.4, -0.2) is 73.7 Å². The number of rotatable bonds is 10. The Balaban J connectivity index is 1.70. The average molecular weight is 537 g/mol. The average Bonchev–Trinajstić information content (AvgIpc) is 3.39. The Morgan fingerprint density at radius 1 is 1.44 bits per heavy atom. The number of aliphatic imine (C=N–C) groups is 1. The smallest absolute Gasteiger partial charge is 0.338 e. The molecule has 1 N–H and O–H groups in total. The van der Waals surface area contributed by atoms with E-state index in [0.717, 1.165) is 0 Å². The first-order valence-electron chi connectivity index (χ1n) is 11.5. The minimum Gasteiger partial charge on any atom is -0.468 e. The molecule has 36 heavy (non-hydrogen) atoms. The zero-order valence-electron chi connectivity index (χ0n) is 19.6. The quantitative estimate of drug-likeness (QED) is 0.281. The van der Waals surface area contributed by atoms with Crippen LogP contribution < -0.4 is 5.32 Å². The molecule has 0 radical (unpaired) electrons. The fraction of sp³-hybridized carbons (Fsp3) is 0.417. The number of hydrogen-bond acceptors (Lipinski definition) is 10. The third-order valence-electron chi connectivity index (χ3n) is 5.74. The lowest BCUT2D eigenvalue weighted by Gasteiger charge is -2.35. The number of nitrogens with zero attached hydrogens (tertiary/aromatic N) is 3. The predicted octanol–water partition coefficient (Wildman–Crippen LogP) is 3.11. The predicted molar refractivity (Wildman–Crippen MR) is 132 cm³/mol. The van der Waals surface area contributed by atoms with Crippen molar-refractivity contribution < 1.29 is 28.2 Å². The number of nitrogens with one attached hydrogen (secondary N) is 1. The van der Waals surface area contributed by atoms with Gasteiger partial charge in [0, 0.05) is 53.9 Å². The molecule has 2 unspecified atom stereocenters. The van der Waals surface area contributed by atoms with Crippen LogP contribution in [0.3, 0.4) is 0 Å². The van der Waals surface area contributed by atoms with Gasteiger partial charge in [-0.1, -0.05) is 17.7 Å². The van der Waals surface area contributed by atoms with Crippen LogP contribution in [-0.2, 0) is 23.8 Å². The Kier molecular flexibility index (Phi) is 9.03. The van der Waals surface area contributed by atoms with Crippen LogP contribution >= 0.6 is 22.9 Å². The van der Waals surface area contributed by atoms with Gasteiger partial charge in [-0.2, -0.15) is 0 Å². The highest BCUT2D eigenvalue weighted by atomic mass is 35.5. The summed E-state index contributed by atoms with van der Waals surface area (Å²) in [7, 11) is 0. The molecule has 2 atom stereocenters. The van der Waals surface area contributed by atoms with Gasteiger partial charge in [0.05, 0.1) is 31.5 Å². The molecule has 1 aromatic carbocycles. The number of aromatic nitrogens is 1. The van der Waals surface area contributed by atoms with Crippen LogP contribution in [0.1, 0.15) is 30.0 Å². The second-order valence-corrected chi connectivity index (χ2v) is 9.41. The van der Waals surface area contributed by atoms with Gasteiger partial charge in [-0.25, -0.2) is 14.2 Å². The second-order valence-electron chi connectivity index (χ2n) is 8.10. The van der Waals surface area contributed by atoms with E-state index in [2.05, 4.69) is 15.2 Å². The third kappa shape index (κ3) is 6.28. The van der Waals surface area contributed by atoms with Crippen molar-refractivity contribution in [2.45, 2.75) is 25.5 Å². The summed E-state index contributed by atoms with van der Waals surface area (Å²) in [6, 6.07) is 3.21. The molecule has 0 bridgehead atoms. The topological polar surface area (TPSA) is 102 Å². The van der Waals surface area contributed by atoms with Gasteiger partial charge in [0.25, 0.3) is 6.47 Å². The molecular formula is C24H26ClFN4O5S. The number of hydrogen-bond donors (Lipinski definition) is 1. The van der Waals surface area contributed by atoms with E-state index in [9.17, 15) is 14.0 Å². The number of benzene rings is 1. The summed E-state index contributed by atoms with van der Waals surface area (Å²) in [4.78, 5) is 35.0. The maximum absolute atomic E-state index is 13.8. The summed E-state index contributed by atoms with van der Waals surface area (Å²) in [5.74, 6) is -0.527. The monoisotopic (exact) mass is 536 g/mol. The van der Waals surface area contributed by atoms with Gasteiger partial charge < -0.3 is 19.5 Å². The third-order valence-corrected chi connectivity index (χ3v) is 6.85. The van der Waals surface area contributed by atoms with E-state index in [1.165, 1.54) is 29.5 Å². The van der Waals surface area contributed by atoms with Crippen LogP contribution in [0.2, 0.25) is 5.02 Å². The molecule has 0 saturated carbocycles. The first-order chi connectivity index (χ1) is 17.5. The van der Waals surface area contributed by atoms with Crippen molar-refractivity contribution in [1.82, 2.24) is 15.2 Å². The van der Waals surface area contributed by atoms with E-state index < -0.39 is 17.8 Å². The maximum Gasteiger partial charge on any atom is 0.338 e. The van der Waals surface area contributed by atoms with Crippen molar-refractivity contribution >= 4 is 41.2 Å². The van der Waals surface area contributed by atoms with Crippen molar-refractivity contribution in [3.05, 3.63) is 62.5 Å². The molecule has 1 aromatic heterocycles. The van der Waals surface area contributed by atoms with E-state index in [1.54, 1.807) is 13.1 Å². The van der Waals surface area contributed by atoms with E-state index in [4.69, 9.17) is 30.8 Å². The zero-order valence-corrected chi connectivity index (χ0v) is 21.2. The molecule has 9 nitrogen and oxygen atoms in total. The molecule has 0 spiro atoms.